The molecule has 2 aromatic carbocycles. The summed E-state index contributed by atoms with van der Waals surface area (Å²) in [4.78, 5) is 12.4. The third-order valence-corrected chi connectivity index (χ3v) is 3.93. The van der Waals surface area contributed by atoms with Gasteiger partial charge in [-0.25, -0.2) is 0 Å². The number of ketones is 1. The van der Waals surface area contributed by atoms with Crippen LogP contribution in [0.3, 0.4) is 0 Å². The second-order valence-electron chi connectivity index (χ2n) is 5.51. The van der Waals surface area contributed by atoms with Gasteiger partial charge in [-0.2, -0.15) is 0 Å². The van der Waals surface area contributed by atoms with E-state index in [0.717, 1.165) is 5.56 Å². The second kappa shape index (κ2) is 6.39. The molecular formula is C19H16O6. The molecule has 128 valence electrons. The monoisotopic (exact) mass is 340 g/mol. The van der Waals surface area contributed by atoms with E-state index in [-0.39, 0.29) is 12.6 Å². The van der Waals surface area contributed by atoms with Crippen molar-refractivity contribution in [2.45, 2.75) is 0 Å². The fourth-order valence-corrected chi connectivity index (χ4v) is 2.71. The third-order valence-electron chi connectivity index (χ3n) is 3.93. The first-order chi connectivity index (χ1) is 12.2. The zero-order valence-corrected chi connectivity index (χ0v) is 13.6. The highest BCUT2D eigenvalue weighted by Gasteiger charge is 2.19. The van der Waals surface area contributed by atoms with E-state index in [2.05, 4.69) is 0 Å². The molecule has 2 aliphatic heterocycles. The molecule has 25 heavy (non-hydrogen) atoms. The lowest BCUT2D eigenvalue weighted by Crippen LogP contribution is -2.15. The van der Waals surface area contributed by atoms with Crippen molar-refractivity contribution in [3.8, 4) is 28.7 Å². The van der Waals surface area contributed by atoms with E-state index in [0.29, 0.717) is 47.5 Å². The number of carbonyl (C=O) groups excluding carboxylic acids is 1. The number of allylic oxidation sites excluding steroid dienone is 1. The number of rotatable bonds is 4. The van der Waals surface area contributed by atoms with E-state index in [9.17, 15) is 4.79 Å². The SMILES string of the molecule is COc1cc(/C=C/C(=O)c2ccc3c(c2)OCCO3)cc2c1OCO2. The summed E-state index contributed by atoms with van der Waals surface area (Å²) in [5, 5.41) is 0. The highest BCUT2D eigenvalue weighted by atomic mass is 16.7. The van der Waals surface area contributed by atoms with Crippen molar-refractivity contribution >= 4 is 11.9 Å². The molecule has 0 aliphatic carbocycles. The lowest BCUT2D eigenvalue weighted by atomic mass is 10.1. The number of methoxy groups -OCH3 is 1. The molecule has 0 N–H and O–H groups in total. The number of carbonyl (C=O) groups is 1. The first kappa shape index (κ1) is 15.4. The maximum atomic E-state index is 12.4. The van der Waals surface area contributed by atoms with E-state index in [4.69, 9.17) is 23.7 Å². The van der Waals surface area contributed by atoms with Crippen LogP contribution in [0, 0.1) is 0 Å². The number of hydrogen-bond donors (Lipinski definition) is 0. The molecule has 2 heterocycles. The van der Waals surface area contributed by atoms with E-state index < -0.39 is 0 Å². The molecule has 0 aromatic heterocycles. The Labute approximate surface area is 144 Å². The van der Waals surface area contributed by atoms with Crippen molar-refractivity contribution in [2.24, 2.45) is 0 Å². The largest absolute Gasteiger partial charge is 0.493 e. The molecular weight excluding hydrogens is 324 g/mol. The normalized spacial score (nSPS) is 14.6. The molecule has 0 bridgehead atoms. The minimum atomic E-state index is -0.131. The molecule has 0 atom stereocenters. The summed E-state index contributed by atoms with van der Waals surface area (Å²) in [6, 6.07) is 8.76. The molecule has 2 aliphatic rings. The molecule has 6 nitrogen and oxygen atoms in total. The molecule has 0 saturated heterocycles. The number of benzene rings is 2. The fraction of sp³-hybridized carbons (Fsp3) is 0.211. The minimum absolute atomic E-state index is 0.131. The summed E-state index contributed by atoms with van der Waals surface area (Å²) in [6.45, 7) is 1.17. The zero-order valence-electron chi connectivity index (χ0n) is 13.6. The topological polar surface area (TPSA) is 63.2 Å². The highest BCUT2D eigenvalue weighted by Crippen LogP contribution is 2.42. The Morgan fingerprint density at radius 2 is 1.84 bits per heavy atom. The van der Waals surface area contributed by atoms with E-state index >= 15 is 0 Å². The summed E-state index contributed by atoms with van der Waals surface area (Å²) in [5.41, 5.74) is 1.32. The Kier molecular flexibility index (Phi) is 3.93. The van der Waals surface area contributed by atoms with Crippen LogP contribution in [-0.4, -0.2) is 32.9 Å². The van der Waals surface area contributed by atoms with Crippen LogP contribution < -0.4 is 23.7 Å². The summed E-state index contributed by atoms with van der Waals surface area (Å²) in [6.07, 6.45) is 3.21. The number of hydrogen-bond acceptors (Lipinski definition) is 6. The fourth-order valence-electron chi connectivity index (χ4n) is 2.71. The van der Waals surface area contributed by atoms with Gasteiger partial charge >= 0.3 is 0 Å². The van der Waals surface area contributed by atoms with Crippen molar-refractivity contribution in [1.29, 1.82) is 0 Å². The van der Waals surface area contributed by atoms with Crippen LogP contribution in [-0.2, 0) is 0 Å². The van der Waals surface area contributed by atoms with Crippen LogP contribution in [0.15, 0.2) is 36.4 Å². The molecule has 0 radical (unpaired) electrons. The Morgan fingerprint density at radius 1 is 1.00 bits per heavy atom. The van der Waals surface area contributed by atoms with Crippen LogP contribution in [0.4, 0.5) is 0 Å². The van der Waals surface area contributed by atoms with Crippen molar-refractivity contribution in [2.75, 3.05) is 27.1 Å². The summed E-state index contributed by atoms with van der Waals surface area (Å²) in [5.74, 6) is 2.88. The molecule has 0 amide bonds. The van der Waals surface area contributed by atoms with Gasteiger partial charge in [0.1, 0.15) is 13.2 Å². The van der Waals surface area contributed by atoms with Crippen molar-refractivity contribution < 1.29 is 28.5 Å². The van der Waals surface area contributed by atoms with Gasteiger partial charge in [0.25, 0.3) is 0 Å². The van der Waals surface area contributed by atoms with Crippen LogP contribution in [0.5, 0.6) is 28.7 Å². The predicted molar refractivity (Wildman–Crippen MR) is 89.9 cm³/mol. The Bertz CT molecular complexity index is 855. The van der Waals surface area contributed by atoms with Crippen molar-refractivity contribution in [3.63, 3.8) is 0 Å². The van der Waals surface area contributed by atoms with Crippen LogP contribution >= 0.6 is 0 Å². The first-order valence-electron chi connectivity index (χ1n) is 7.84. The second-order valence-corrected chi connectivity index (χ2v) is 5.51. The third kappa shape index (κ3) is 2.98. The van der Waals surface area contributed by atoms with Gasteiger partial charge < -0.3 is 23.7 Å². The van der Waals surface area contributed by atoms with E-state index in [1.807, 2.05) is 0 Å². The summed E-state index contributed by atoms with van der Waals surface area (Å²) < 4.78 is 27.0. The lowest BCUT2D eigenvalue weighted by molar-refractivity contribution is 0.104. The van der Waals surface area contributed by atoms with E-state index in [1.165, 1.54) is 6.08 Å². The predicted octanol–water partition coefficient (Wildman–Crippen LogP) is 3.09. The molecule has 0 saturated carbocycles. The molecule has 0 fully saturated rings. The van der Waals surface area contributed by atoms with E-state index in [1.54, 1.807) is 43.5 Å². The smallest absolute Gasteiger partial charge is 0.231 e. The highest BCUT2D eigenvalue weighted by molar-refractivity contribution is 6.07. The maximum absolute atomic E-state index is 12.4. The Morgan fingerprint density at radius 3 is 2.68 bits per heavy atom. The van der Waals surface area contributed by atoms with Gasteiger partial charge in [-0.15, -0.1) is 0 Å². The standard InChI is InChI=1S/C19H16O6/c1-21-17-8-12(9-18-19(17)25-11-24-18)2-4-14(20)13-3-5-15-16(10-13)23-7-6-22-15/h2-5,8-10H,6-7,11H2,1H3/b4-2+. The van der Waals surface area contributed by atoms with Crippen molar-refractivity contribution in [1.82, 2.24) is 0 Å². The van der Waals surface area contributed by atoms with Crippen LogP contribution in [0.25, 0.3) is 6.08 Å². The average Bonchev–Trinajstić information content (AvgIpc) is 3.13. The zero-order chi connectivity index (χ0) is 17.2. The van der Waals surface area contributed by atoms with Gasteiger partial charge in [-0.1, -0.05) is 6.08 Å². The van der Waals surface area contributed by atoms with Gasteiger partial charge in [-0.3, -0.25) is 4.79 Å². The van der Waals surface area contributed by atoms with Crippen LogP contribution in [0.1, 0.15) is 15.9 Å². The van der Waals surface area contributed by atoms with Gasteiger partial charge in [-0.05, 0) is 42.0 Å². The summed E-state index contributed by atoms with van der Waals surface area (Å²) in [7, 11) is 1.56. The molecule has 0 spiro atoms. The van der Waals surface area contributed by atoms with Gasteiger partial charge in [0.15, 0.2) is 28.8 Å². The first-order valence-corrected chi connectivity index (χ1v) is 7.84. The Balaban J connectivity index is 1.57. The van der Waals surface area contributed by atoms with Crippen molar-refractivity contribution in [3.05, 3.63) is 47.5 Å². The van der Waals surface area contributed by atoms with Gasteiger partial charge in [0.2, 0.25) is 12.5 Å². The van der Waals surface area contributed by atoms with Gasteiger partial charge in [0.05, 0.1) is 7.11 Å². The average molecular weight is 340 g/mol. The number of fused-ring (bicyclic) bond motifs is 2. The molecule has 2 aromatic rings. The number of ether oxygens (including phenoxy) is 5. The summed E-state index contributed by atoms with van der Waals surface area (Å²) >= 11 is 0. The lowest BCUT2D eigenvalue weighted by Gasteiger charge is -2.18. The molecule has 4 rings (SSSR count). The quantitative estimate of drug-likeness (QED) is 0.629. The van der Waals surface area contributed by atoms with Crippen LogP contribution in [0.2, 0.25) is 0 Å². The maximum Gasteiger partial charge on any atom is 0.231 e. The molecule has 6 heteroatoms. The minimum Gasteiger partial charge on any atom is -0.493 e. The van der Waals surface area contributed by atoms with Gasteiger partial charge in [0, 0.05) is 5.56 Å². The molecule has 0 unspecified atom stereocenters. The Hall–Kier alpha value is -3.15.